The topological polar surface area (TPSA) is 66.8 Å². The van der Waals surface area contributed by atoms with Gasteiger partial charge in [0.15, 0.2) is 0 Å². The molecule has 23 heavy (non-hydrogen) atoms. The second-order valence-electron chi connectivity index (χ2n) is 6.51. The number of likely N-dealkylation sites (tertiary alicyclic amines) is 1. The van der Waals surface area contributed by atoms with Crippen LogP contribution in [0, 0.1) is 12.8 Å². The highest BCUT2D eigenvalue weighted by Crippen LogP contribution is 2.21. The second kappa shape index (κ2) is 6.98. The van der Waals surface area contributed by atoms with Crippen molar-refractivity contribution in [1.82, 2.24) is 24.9 Å². The number of aryl methyl sites for hydroxylation is 2. The summed E-state index contributed by atoms with van der Waals surface area (Å²) in [5.41, 5.74) is 3.48. The lowest BCUT2D eigenvalue weighted by atomic mass is 9.93. The largest absolute Gasteiger partial charge is 0.342 e. The van der Waals surface area contributed by atoms with E-state index in [4.69, 9.17) is 0 Å². The summed E-state index contributed by atoms with van der Waals surface area (Å²) >= 11 is 0. The standard InChI is InChI=1S/C17H25N5O/c1-13-15(11-19-21(13)2)5-6-17(23)22-9-3-4-14(12-22)10-16-7-8-18-20-16/h7-8,11,14H,3-6,9-10,12H2,1-2H3,(H,18,20)/t14-/m1/s1. The van der Waals surface area contributed by atoms with Crippen LogP contribution in [0.2, 0.25) is 0 Å². The van der Waals surface area contributed by atoms with Gasteiger partial charge in [-0.2, -0.15) is 10.2 Å². The van der Waals surface area contributed by atoms with E-state index in [0.29, 0.717) is 12.3 Å². The van der Waals surface area contributed by atoms with Gasteiger partial charge in [-0.05, 0) is 50.2 Å². The van der Waals surface area contributed by atoms with Gasteiger partial charge < -0.3 is 4.90 Å². The first kappa shape index (κ1) is 15.8. The Bertz CT molecular complexity index is 646. The van der Waals surface area contributed by atoms with Gasteiger partial charge in [0.25, 0.3) is 0 Å². The van der Waals surface area contributed by atoms with Gasteiger partial charge in [-0.3, -0.25) is 14.6 Å². The predicted molar refractivity (Wildman–Crippen MR) is 87.9 cm³/mol. The van der Waals surface area contributed by atoms with Gasteiger partial charge in [-0.1, -0.05) is 0 Å². The van der Waals surface area contributed by atoms with Crippen molar-refractivity contribution in [3.8, 4) is 0 Å². The van der Waals surface area contributed by atoms with E-state index >= 15 is 0 Å². The van der Waals surface area contributed by atoms with Gasteiger partial charge >= 0.3 is 0 Å². The van der Waals surface area contributed by atoms with E-state index in [1.807, 2.05) is 35.8 Å². The Balaban J connectivity index is 1.51. The van der Waals surface area contributed by atoms with Crippen LogP contribution in [0.25, 0.3) is 0 Å². The molecule has 1 saturated heterocycles. The number of H-pyrrole nitrogens is 1. The fraction of sp³-hybridized carbons (Fsp3) is 0.588. The van der Waals surface area contributed by atoms with Crippen LogP contribution >= 0.6 is 0 Å². The molecule has 3 rings (SSSR count). The van der Waals surface area contributed by atoms with Crippen LogP contribution in [0.1, 0.15) is 36.2 Å². The number of nitrogens with zero attached hydrogens (tertiary/aromatic N) is 4. The number of hydrogen-bond donors (Lipinski definition) is 1. The van der Waals surface area contributed by atoms with Gasteiger partial charge in [-0.15, -0.1) is 0 Å². The number of rotatable bonds is 5. The van der Waals surface area contributed by atoms with E-state index in [1.54, 1.807) is 6.20 Å². The summed E-state index contributed by atoms with van der Waals surface area (Å²) in [7, 11) is 1.94. The van der Waals surface area contributed by atoms with Crippen molar-refractivity contribution in [2.75, 3.05) is 13.1 Å². The smallest absolute Gasteiger partial charge is 0.222 e. The van der Waals surface area contributed by atoms with Crippen molar-refractivity contribution in [2.24, 2.45) is 13.0 Å². The Labute approximate surface area is 136 Å². The normalized spacial score (nSPS) is 18.3. The number of amides is 1. The van der Waals surface area contributed by atoms with E-state index in [1.165, 1.54) is 12.0 Å². The maximum Gasteiger partial charge on any atom is 0.222 e. The molecular weight excluding hydrogens is 290 g/mol. The van der Waals surface area contributed by atoms with E-state index in [9.17, 15) is 4.79 Å². The first-order valence-electron chi connectivity index (χ1n) is 8.37. The molecule has 0 aliphatic carbocycles. The number of nitrogens with one attached hydrogen (secondary N) is 1. The summed E-state index contributed by atoms with van der Waals surface area (Å²) in [6, 6.07) is 2.02. The molecule has 3 heterocycles. The van der Waals surface area contributed by atoms with Crippen molar-refractivity contribution in [2.45, 2.75) is 39.0 Å². The summed E-state index contributed by atoms with van der Waals surface area (Å²) < 4.78 is 1.86. The zero-order valence-electron chi connectivity index (χ0n) is 14.0. The third-order valence-electron chi connectivity index (χ3n) is 4.88. The SMILES string of the molecule is Cc1c(CCC(=O)N2CCC[C@H](Cc3ccn[nH]3)C2)cnn1C. The van der Waals surface area contributed by atoms with E-state index in [-0.39, 0.29) is 5.91 Å². The van der Waals surface area contributed by atoms with E-state index < -0.39 is 0 Å². The highest BCUT2D eigenvalue weighted by molar-refractivity contribution is 5.76. The lowest BCUT2D eigenvalue weighted by molar-refractivity contribution is -0.133. The molecule has 1 atom stereocenters. The molecular formula is C17H25N5O. The maximum atomic E-state index is 12.5. The van der Waals surface area contributed by atoms with Gasteiger partial charge in [0, 0.05) is 44.1 Å². The van der Waals surface area contributed by atoms with Crippen LogP contribution < -0.4 is 0 Å². The molecule has 1 amide bonds. The summed E-state index contributed by atoms with van der Waals surface area (Å²) in [6.07, 6.45) is 8.27. The molecule has 6 heteroatoms. The van der Waals surface area contributed by atoms with Crippen LogP contribution in [0.15, 0.2) is 18.5 Å². The molecule has 0 unspecified atom stereocenters. The Morgan fingerprint density at radius 2 is 2.35 bits per heavy atom. The number of aromatic amines is 1. The molecule has 0 bridgehead atoms. The Morgan fingerprint density at radius 3 is 3.04 bits per heavy atom. The van der Waals surface area contributed by atoms with Crippen molar-refractivity contribution in [3.05, 3.63) is 35.4 Å². The van der Waals surface area contributed by atoms with Crippen LogP contribution in [-0.4, -0.2) is 43.9 Å². The molecule has 1 N–H and O–H groups in total. The van der Waals surface area contributed by atoms with Gasteiger partial charge in [0.2, 0.25) is 5.91 Å². The average molecular weight is 315 g/mol. The Morgan fingerprint density at radius 1 is 1.48 bits per heavy atom. The molecule has 2 aromatic heterocycles. The molecule has 1 aliphatic heterocycles. The first-order chi connectivity index (χ1) is 11.1. The molecule has 0 radical (unpaired) electrons. The molecule has 0 spiro atoms. The summed E-state index contributed by atoms with van der Waals surface area (Å²) in [6.45, 7) is 3.81. The third-order valence-corrected chi connectivity index (χ3v) is 4.88. The Kier molecular flexibility index (Phi) is 4.79. The molecule has 6 nitrogen and oxygen atoms in total. The molecule has 0 saturated carbocycles. The van der Waals surface area contributed by atoms with Crippen LogP contribution in [0.5, 0.6) is 0 Å². The van der Waals surface area contributed by atoms with Gasteiger partial charge in [0.1, 0.15) is 0 Å². The monoisotopic (exact) mass is 315 g/mol. The summed E-state index contributed by atoms with van der Waals surface area (Å²) in [5.74, 6) is 0.802. The lowest BCUT2D eigenvalue weighted by Gasteiger charge is -2.32. The number of aromatic nitrogens is 4. The fourth-order valence-electron chi connectivity index (χ4n) is 3.36. The van der Waals surface area contributed by atoms with Gasteiger partial charge in [0.05, 0.1) is 6.20 Å². The summed E-state index contributed by atoms with van der Waals surface area (Å²) in [4.78, 5) is 14.6. The zero-order chi connectivity index (χ0) is 16.2. The quantitative estimate of drug-likeness (QED) is 0.916. The highest BCUT2D eigenvalue weighted by atomic mass is 16.2. The minimum Gasteiger partial charge on any atom is -0.342 e. The van der Waals surface area contributed by atoms with Gasteiger partial charge in [-0.25, -0.2) is 0 Å². The van der Waals surface area contributed by atoms with Crippen molar-refractivity contribution >= 4 is 5.91 Å². The highest BCUT2D eigenvalue weighted by Gasteiger charge is 2.24. The molecule has 1 aliphatic rings. The van der Waals surface area contributed by atoms with Crippen LogP contribution in [0.4, 0.5) is 0 Å². The number of piperidine rings is 1. The number of carbonyl (C=O) groups is 1. The number of carbonyl (C=O) groups excluding carboxylic acids is 1. The summed E-state index contributed by atoms with van der Waals surface area (Å²) in [5, 5.41) is 11.3. The molecule has 1 fully saturated rings. The molecule has 2 aromatic rings. The average Bonchev–Trinajstić information content (AvgIpc) is 3.17. The minimum atomic E-state index is 0.266. The minimum absolute atomic E-state index is 0.266. The molecule has 0 aromatic carbocycles. The van der Waals surface area contributed by atoms with E-state index in [0.717, 1.165) is 43.7 Å². The predicted octanol–water partition coefficient (Wildman–Crippen LogP) is 1.87. The fourth-order valence-corrected chi connectivity index (χ4v) is 3.36. The first-order valence-corrected chi connectivity index (χ1v) is 8.37. The third kappa shape index (κ3) is 3.81. The second-order valence-corrected chi connectivity index (χ2v) is 6.51. The Hall–Kier alpha value is -2.11. The zero-order valence-corrected chi connectivity index (χ0v) is 14.0. The van der Waals surface area contributed by atoms with Crippen molar-refractivity contribution in [3.63, 3.8) is 0 Å². The van der Waals surface area contributed by atoms with E-state index in [2.05, 4.69) is 15.3 Å². The van der Waals surface area contributed by atoms with Crippen molar-refractivity contribution in [1.29, 1.82) is 0 Å². The van der Waals surface area contributed by atoms with Crippen molar-refractivity contribution < 1.29 is 4.79 Å². The van der Waals surface area contributed by atoms with Crippen LogP contribution in [0.3, 0.4) is 0 Å². The number of hydrogen-bond acceptors (Lipinski definition) is 3. The van der Waals surface area contributed by atoms with Crippen LogP contribution in [-0.2, 0) is 24.7 Å². The maximum absolute atomic E-state index is 12.5. The molecule has 124 valence electrons. The lowest BCUT2D eigenvalue weighted by Crippen LogP contribution is -2.40.